The van der Waals surface area contributed by atoms with E-state index in [-0.39, 0.29) is 0 Å². The van der Waals surface area contributed by atoms with E-state index in [1.54, 1.807) is 18.4 Å². The van der Waals surface area contributed by atoms with Crippen LogP contribution in [-0.2, 0) is 20.1 Å². The summed E-state index contributed by atoms with van der Waals surface area (Å²) < 4.78 is 3.93. The zero-order chi connectivity index (χ0) is 16.4. The van der Waals surface area contributed by atoms with Crippen molar-refractivity contribution in [3.8, 4) is 0 Å². The quantitative estimate of drug-likeness (QED) is 0.563. The van der Waals surface area contributed by atoms with Gasteiger partial charge in [0.2, 0.25) is 0 Å². The first-order valence-corrected chi connectivity index (χ1v) is 8.31. The molecule has 0 bridgehead atoms. The van der Waals surface area contributed by atoms with Crippen molar-refractivity contribution in [2.75, 3.05) is 7.05 Å². The van der Waals surface area contributed by atoms with Crippen LogP contribution in [0.5, 0.6) is 0 Å². The van der Waals surface area contributed by atoms with Crippen LogP contribution in [-0.4, -0.2) is 32.2 Å². The van der Waals surface area contributed by atoms with E-state index < -0.39 is 0 Å². The molecule has 3 aromatic rings. The maximum Gasteiger partial charge on any atom is 0.193 e. The fourth-order valence-corrected chi connectivity index (χ4v) is 3.22. The van der Waals surface area contributed by atoms with Gasteiger partial charge < -0.3 is 10.6 Å². The normalized spacial score (nSPS) is 12.1. The van der Waals surface area contributed by atoms with Crippen molar-refractivity contribution in [1.29, 1.82) is 0 Å². The highest BCUT2D eigenvalue weighted by Gasteiger charge is 2.10. The van der Waals surface area contributed by atoms with E-state index in [9.17, 15) is 0 Å². The molecule has 7 nitrogen and oxygen atoms in total. The molecule has 0 aliphatic rings. The molecule has 0 unspecified atom stereocenters. The summed E-state index contributed by atoms with van der Waals surface area (Å²) in [6.07, 6.45) is 4.04. The minimum absolute atomic E-state index is 0.638. The van der Waals surface area contributed by atoms with Crippen LogP contribution in [0.15, 0.2) is 22.8 Å². The second-order valence-electron chi connectivity index (χ2n) is 5.38. The van der Waals surface area contributed by atoms with Crippen LogP contribution in [0.4, 0.5) is 0 Å². The molecule has 0 saturated carbocycles. The lowest BCUT2D eigenvalue weighted by molar-refractivity contribution is 0.728. The van der Waals surface area contributed by atoms with Crippen molar-refractivity contribution >= 4 is 22.3 Å². The molecule has 0 saturated heterocycles. The van der Waals surface area contributed by atoms with E-state index in [0.29, 0.717) is 13.1 Å². The van der Waals surface area contributed by atoms with Crippen LogP contribution in [0.3, 0.4) is 0 Å². The van der Waals surface area contributed by atoms with Crippen molar-refractivity contribution < 1.29 is 0 Å². The number of hydrogen-bond acceptors (Lipinski definition) is 4. The van der Waals surface area contributed by atoms with Crippen LogP contribution in [0.2, 0.25) is 0 Å². The number of aryl methyl sites for hydroxylation is 2. The number of nitrogens with one attached hydrogen (secondary N) is 2. The smallest absolute Gasteiger partial charge is 0.193 e. The lowest BCUT2D eigenvalue weighted by atomic mass is 10.2. The Bertz CT molecular complexity index is 811. The van der Waals surface area contributed by atoms with Crippen molar-refractivity contribution in [2.45, 2.75) is 26.9 Å². The summed E-state index contributed by atoms with van der Waals surface area (Å²) in [5, 5.41) is 13.1. The third-order valence-corrected chi connectivity index (χ3v) is 4.67. The van der Waals surface area contributed by atoms with Gasteiger partial charge in [0.1, 0.15) is 0 Å². The zero-order valence-electron chi connectivity index (χ0n) is 13.8. The Labute approximate surface area is 139 Å². The summed E-state index contributed by atoms with van der Waals surface area (Å²) in [6, 6.07) is 0. The van der Waals surface area contributed by atoms with Gasteiger partial charge in [0.25, 0.3) is 0 Å². The van der Waals surface area contributed by atoms with Crippen LogP contribution in [0.1, 0.15) is 22.6 Å². The molecule has 0 aliphatic carbocycles. The molecule has 0 fully saturated rings. The van der Waals surface area contributed by atoms with Gasteiger partial charge in [-0.3, -0.25) is 14.1 Å². The second-order valence-corrected chi connectivity index (χ2v) is 6.25. The minimum Gasteiger partial charge on any atom is -0.352 e. The molecule has 0 atom stereocenters. The monoisotopic (exact) mass is 331 g/mol. The van der Waals surface area contributed by atoms with Gasteiger partial charge in [0.05, 0.1) is 17.9 Å². The van der Waals surface area contributed by atoms with Gasteiger partial charge in [-0.15, -0.1) is 11.3 Å². The standard InChI is InChI=1S/C15H21N7S/c1-10-13(11(2)21(4)20-10)8-18-14(16-3)17-7-12-9-22-5-6-23-15(22)19-12/h5-6,9H,7-8H2,1-4H3,(H2,16,17,18). The average Bonchev–Trinajstić information content (AvgIpc) is 3.16. The van der Waals surface area contributed by atoms with Gasteiger partial charge in [0.15, 0.2) is 10.9 Å². The Balaban J connectivity index is 1.59. The number of aromatic nitrogens is 4. The molecule has 122 valence electrons. The SMILES string of the molecule is CN=C(NCc1cn2ccsc2n1)NCc1c(C)nn(C)c1C. The fraction of sp³-hybridized carbons (Fsp3) is 0.400. The van der Waals surface area contributed by atoms with Gasteiger partial charge in [-0.1, -0.05) is 0 Å². The number of hydrogen-bond donors (Lipinski definition) is 2. The molecule has 0 amide bonds. The number of fused-ring (bicyclic) bond motifs is 1. The van der Waals surface area contributed by atoms with Crippen LogP contribution >= 0.6 is 11.3 Å². The molecule has 0 aromatic carbocycles. The number of nitrogens with zero attached hydrogens (tertiary/aromatic N) is 5. The van der Waals surface area contributed by atoms with Crippen molar-refractivity contribution in [2.24, 2.45) is 12.0 Å². The molecule has 3 heterocycles. The van der Waals surface area contributed by atoms with Gasteiger partial charge in [0, 0.05) is 49.7 Å². The zero-order valence-corrected chi connectivity index (χ0v) is 14.6. The first-order chi connectivity index (χ1) is 11.1. The summed E-state index contributed by atoms with van der Waals surface area (Å²) in [6.45, 7) is 5.44. The summed E-state index contributed by atoms with van der Waals surface area (Å²) in [4.78, 5) is 9.82. The first-order valence-electron chi connectivity index (χ1n) is 7.43. The molecule has 2 N–H and O–H groups in total. The Morgan fingerprint density at radius 3 is 2.74 bits per heavy atom. The highest BCUT2D eigenvalue weighted by Crippen LogP contribution is 2.12. The second kappa shape index (κ2) is 6.41. The molecular weight excluding hydrogens is 310 g/mol. The lowest BCUT2D eigenvalue weighted by Gasteiger charge is -2.11. The molecule has 3 aromatic heterocycles. The molecule has 8 heteroatoms. The Morgan fingerprint density at radius 2 is 2.09 bits per heavy atom. The molecule has 0 aliphatic heterocycles. The average molecular weight is 331 g/mol. The summed E-state index contributed by atoms with van der Waals surface area (Å²) in [5.41, 5.74) is 4.41. The minimum atomic E-state index is 0.638. The third-order valence-electron chi connectivity index (χ3n) is 3.90. The number of imidazole rings is 1. The van der Waals surface area contributed by atoms with E-state index in [2.05, 4.69) is 32.6 Å². The van der Waals surface area contributed by atoms with E-state index in [0.717, 1.165) is 22.3 Å². The maximum absolute atomic E-state index is 4.55. The molecular formula is C15H21N7S. The summed E-state index contributed by atoms with van der Waals surface area (Å²) in [7, 11) is 3.73. The van der Waals surface area contributed by atoms with Crippen molar-refractivity contribution in [3.63, 3.8) is 0 Å². The Kier molecular flexibility index (Phi) is 4.33. The van der Waals surface area contributed by atoms with Crippen LogP contribution < -0.4 is 10.6 Å². The van der Waals surface area contributed by atoms with Crippen LogP contribution in [0, 0.1) is 13.8 Å². The van der Waals surface area contributed by atoms with Gasteiger partial charge >= 0.3 is 0 Å². The molecule has 0 radical (unpaired) electrons. The maximum atomic E-state index is 4.55. The highest BCUT2D eigenvalue weighted by atomic mass is 32.1. The molecule has 23 heavy (non-hydrogen) atoms. The predicted octanol–water partition coefficient (Wildman–Crippen LogP) is 1.61. The van der Waals surface area contributed by atoms with Crippen molar-refractivity contribution in [3.05, 3.63) is 40.4 Å². The van der Waals surface area contributed by atoms with Gasteiger partial charge in [-0.2, -0.15) is 5.10 Å². The molecule has 3 rings (SSSR count). The summed E-state index contributed by atoms with van der Waals surface area (Å²) >= 11 is 1.63. The van der Waals surface area contributed by atoms with E-state index in [4.69, 9.17) is 0 Å². The van der Waals surface area contributed by atoms with E-state index in [1.165, 1.54) is 11.3 Å². The van der Waals surface area contributed by atoms with Crippen LogP contribution in [0.25, 0.3) is 4.96 Å². The number of rotatable bonds is 4. The van der Waals surface area contributed by atoms with E-state index in [1.807, 2.05) is 40.8 Å². The Morgan fingerprint density at radius 1 is 1.30 bits per heavy atom. The topological polar surface area (TPSA) is 71.5 Å². The highest BCUT2D eigenvalue weighted by molar-refractivity contribution is 7.15. The predicted molar refractivity (Wildman–Crippen MR) is 92.8 cm³/mol. The molecule has 0 spiro atoms. The van der Waals surface area contributed by atoms with Gasteiger partial charge in [-0.25, -0.2) is 4.98 Å². The fourth-order valence-electron chi connectivity index (χ4n) is 2.50. The van der Waals surface area contributed by atoms with E-state index >= 15 is 0 Å². The third kappa shape index (κ3) is 3.21. The summed E-state index contributed by atoms with van der Waals surface area (Å²) in [5.74, 6) is 0.754. The number of thiazole rings is 1. The van der Waals surface area contributed by atoms with Crippen molar-refractivity contribution in [1.82, 2.24) is 29.8 Å². The largest absolute Gasteiger partial charge is 0.352 e. The Hall–Kier alpha value is -2.35. The van der Waals surface area contributed by atoms with Gasteiger partial charge in [-0.05, 0) is 13.8 Å². The first kappa shape index (κ1) is 15.5. The lowest BCUT2D eigenvalue weighted by Crippen LogP contribution is -2.36. The number of guanidine groups is 1. The number of aliphatic imine (C=N–C) groups is 1.